The maximum absolute atomic E-state index is 12.1. The molecule has 0 spiro atoms. The van der Waals surface area contributed by atoms with Crippen LogP contribution in [0.1, 0.15) is 50.5 Å². The van der Waals surface area contributed by atoms with E-state index in [-0.39, 0.29) is 5.92 Å². The normalized spacial score (nSPS) is 21.5. The molecular weight excluding hydrogens is 226 g/mol. The van der Waals surface area contributed by atoms with E-state index in [9.17, 15) is 4.79 Å². The zero-order valence-corrected chi connectivity index (χ0v) is 11.0. The van der Waals surface area contributed by atoms with Crippen molar-refractivity contribution in [3.8, 4) is 0 Å². The minimum Gasteiger partial charge on any atom is -0.378 e. The number of carbonyl (C=O) groups is 1. The highest BCUT2D eigenvalue weighted by Crippen LogP contribution is 2.21. The molecule has 2 atom stereocenters. The molecule has 98 valence electrons. The molecule has 1 fully saturated rings. The van der Waals surface area contributed by atoms with Gasteiger partial charge in [-0.1, -0.05) is 6.92 Å². The van der Waals surface area contributed by atoms with Crippen LogP contribution in [0.4, 0.5) is 0 Å². The SMILES string of the molecule is CC(C(=O)CCC1CCCCO1)c1ccncc1. The molecule has 3 nitrogen and oxygen atoms in total. The first kappa shape index (κ1) is 13.2. The standard InChI is InChI=1S/C15H21NO2/c1-12(13-7-9-16-10-8-13)15(17)6-5-14-4-2-3-11-18-14/h7-10,12,14H,2-6,11H2,1H3. The van der Waals surface area contributed by atoms with Crippen molar-refractivity contribution in [2.75, 3.05) is 6.61 Å². The first-order valence-electron chi connectivity index (χ1n) is 6.81. The number of carbonyl (C=O) groups excluding carboxylic acids is 1. The Kier molecular flexibility index (Phi) is 4.88. The van der Waals surface area contributed by atoms with Crippen molar-refractivity contribution in [1.82, 2.24) is 4.98 Å². The zero-order valence-electron chi connectivity index (χ0n) is 11.0. The van der Waals surface area contributed by atoms with Crippen molar-refractivity contribution >= 4 is 5.78 Å². The summed E-state index contributed by atoms with van der Waals surface area (Å²) >= 11 is 0. The number of aromatic nitrogens is 1. The summed E-state index contributed by atoms with van der Waals surface area (Å²) < 4.78 is 5.65. The molecule has 1 aromatic rings. The maximum Gasteiger partial charge on any atom is 0.140 e. The molecule has 3 heteroatoms. The minimum absolute atomic E-state index is 0.0309. The molecule has 0 N–H and O–H groups in total. The van der Waals surface area contributed by atoms with E-state index in [0.29, 0.717) is 18.3 Å². The molecule has 18 heavy (non-hydrogen) atoms. The van der Waals surface area contributed by atoms with Crippen molar-refractivity contribution < 1.29 is 9.53 Å². The molecule has 1 saturated heterocycles. The third kappa shape index (κ3) is 3.64. The Hall–Kier alpha value is -1.22. The average Bonchev–Trinajstić information content (AvgIpc) is 2.46. The monoisotopic (exact) mass is 247 g/mol. The first-order chi connectivity index (χ1) is 8.77. The van der Waals surface area contributed by atoms with Crippen LogP contribution >= 0.6 is 0 Å². The van der Waals surface area contributed by atoms with Gasteiger partial charge in [0.05, 0.1) is 6.10 Å². The lowest BCUT2D eigenvalue weighted by atomic mass is 9.93. The Morgan fingerprint density at radius 2 is 2.22 bits per heavy atom. The number of hydrogen-bond donors (Lipinski definition) is 0. The van der Waals surface area contributed by atoms with E-state index < -0.39 is 0 Å². The third-order valence-corrected chi connectivity index (χ3v) is 3.68. The van der Waals surface area contributed by atoms with Crippen molar-refractivity contribution in [3.05, 3.63) is 30.1 Å². The topological polar surface area (TPSA) is 39.2 Å². The van der Waals surface area contributed by atoms with Crippen molar-refractivity contribution in [2.45, 2.75) is 51.0 Å². The van der Waals surface area contributed by atoms with Gasteiger partial charge >= 0.3 is 0 Å². The van der Waals surface area contributed by atoms with E-state index in [1.165, 1.54) is 6.42 Å². The highest BCUT2D eigenvalue weighted by Gasteiger charge is 2.19. The summed E-state index contributed by atoms with van der Waals surface area (Å²) in [5, 5.41) is 0. The van der Waals surface area contributed by atoms with Crippen LogP contribution in [0.15, 0.2) is 24.5 Å². The molecule has 0 radical (unpaired) electrons. The van der Waals surface area contributed by atoms with E-state index >= 15 is 0 Å². The number of Topliss-reactive ketones (excluding diaryl/α,β-unsaturated/α-hetero) is 1. The van der Waals surface area contributed by atoms with Gasteiger partial charge in [-0.05, 0) is 43.4 Å². The highest BCUT2D eigenvalue weighted by molar-refractivity contribution is 5.85. The van der Waals surface area contributed by atoms with Crippen molar-refractivity contribution in [1.29, 1.82) is 0 Å². The Morgan fingerprint density at radius 3 is 2.89 bits per heavy atom. The molecule has 1 aliphatic rings. The maximum atomic E-state index is 12.1. The van der Waals surface area contributed by atoms with E-state index in [1.807, 2.05) is 19.1 Å². The van der Waals surface area contributed by atoms with Crippen molar-refractivity contribution in [3.63, 3.8) is 0 Å². The summed E-state index contributed by atoms with van der Waals surface area (Å²) in [6.45, 7) is 2.83. The van der Waals surface area contributed by atoms with Crippen LogP contribution in [0.3, 0.4) is 0 Å². The Labute approximate surface area is 109 Å². The Bertz CT molecular complexity index is 371. The lowest BCUT2D eigenvalue weighted by Crippen LogP contribution is -2.21. The van der Waals surface area contributed by atoms with Gasteiger partial charge in [-0.15, -0.1) is 0 Å². The largest absolute Gasteiger partial charge is 0.378 e. The molecule has 0 aromatic carbocycles. The van der Waals surface area contributed by atoms with E-state index in [0.717, 1.165) is 31.4 Å². The van der Waals surface area contributed by atoms with Crippen LogP contribution in [0.25, 0.3) is 0 Å². The van der Waals surface area contributed by atoms with Crippen molar-refractivity contribution in [2.24, 2.45) is 0 Å². The molecule has 0 saturated carbocycles. The van der Waals surface area contributed by atoms with Gasteiger partial charge in [-0.2, -0.15) is 0 Å². The number of ketones is 1. The molecule has 0 bridgehead atoms. The molecule has 0 amide bonds. The molecule has 0 aliphatic carbocycles. The summed E-state index contributed by atoms with van der Waals surface area (Å²) in [4.78, 5) is 16.1. The second-order valence-electron chi connectivity index (χ2n) is 5.00. The minimum atomic E-state index is -0.0309. The molecular formula is C15H21NO2. The van der Waals surface area contributed by atoms with Gasteiger partial charge in [0.2, 0.25) is 0 Å². The predicted molar refractivity (Wildman–Crippen MR) is 70.5 cm³/mol. The summed E-state index contributed by atoms with van der Waals surface area (Å²) in [6, 6.07) is 3.83. The van der Waals surface area contributed by atoms with Crippen LogP contribution in [0.5, 0.6) is 0 Å². The summed E-state index contributed by atoms with van der Waals surface area (Å²) in [5.41, 5.74) is 1.06. The molecule has 1 aliphatic heterocycles. The highest BCUT2D eigenvalue weighted by atomic mass is 16.5. The molecule has 2 unspecified atom stereocenters. The van der Waals surface area contributed by atoms with Gasteiger partial charge < -0.3 is 4.74 Å². The summed E-state index contributed by atoms with van der Waals surface area (Å²) in [5.74, 6) is 0.270. The molecule has 2 rings (SSSR count). The quantitative estimate of drug-likeness (QED) is 0.802. The van der Waals surface area contributed by atoms with Crippen LogP contribution in [0, 0.1) is 0 Å². The number of nitrogens with zero attached hydrogens (tertiary/aromatic N) is 1. The van der Waals surface area contributed by atoms with Gasteiger partial charge in [0.25, 0.3) is 0 Å². The molecule has 2 heterocycles. The smallest absolute Gasteiger partial charge is 0.140 e. The van der Waals surface area contributed by atoms with Gasteiger partial charge in [0.15, 0.2) is 0 Å². The Balaban J connectivity index is 1.80. The third-order valence-electron chi connectivity index (χ3n) is 3.68. The van der Waals surface area contributed by atoms with Crippen LogP contribution in [-0.4, -0.2) is 23.5 Å². The van der Waals surface area contributed by atoms with Crippen LogP contribution < -0.4 is 0 Å². The van der Waals surface area contributed by atoms with E-state index in [1.54, 1.807) is 12.4 Å². The second kappa shape index (κ2) is 6.64. The van der Waals surface area contributed by atoms with Gasteiger partial charge in [-0.3, -0.25) is 9.78 Å². The van der Waals surface area contributed by atoms with Crippen LogP contribution in [-0.2, 0) is 9.53 Å². The summed E-state index contributed by atoms with van der Waals surface area (Å²) in [7, 11) is 0. The fourth-order valence-corrected chi connectivity index (χ4v) is 2.39. The van der Waals surface area contributed by atoms with Gasteiger partial charge in [0, 0.05) is 31.3 Å². The Morgan fingerprint density at radius 1 is 1.44 bits per heavy atom. The predicted octanol–water partition coefficient (Wildman–Crippen LogP) is 3.10. The number of ether oxygens (including phenoxy) is 1. The van der Waals surface area contributed by atoms with Crippen LogP contribution in [0.2, 0.25) is 0 Å². The molecule has 1 aromatic heterocycles. The number of rotatable bonds is 5. The first-order valence-corrected chi connectivity index (χ1v) is 6.81. The van der Waals surface area contributed by atoms with E-state index in [4.69, 9.17) is 4.74 Å². The fourth-order valence-electron chi connectivity index (χ4n) is 2.39. The second-order valence-corrected chi connectivity index (χ2v) is 5.00. The zero-order chi connectivity index (χ0) is 12.8. The number of hydrogen-bond acceptors (Lipinski definition) is 3. The van der Waals surface area contributed by atoms with E-state index in [2.05, 4.69) is 4.98 Å². The lowest BCUT2D eigenvalue weighted by Gasteiger charge is -2.22. The number of pyridine rings is 1. The lowest BCUT2D eigenvalue weighted by molar-refractivity contribution is -0.121. The summed E-state index contributed by atoms with van der Waals surface area (Å²) in [6.07, 6.45) is 8.77. The average molecular weight is 247 g/mol. The fraction of sp³-hybridized carbons (Fsp3) is 0.600. The van der Waals surface area contributed by atoms with Gasteiger partial charge in [-0.25, -0.2) is 0 Å². The van der Waals surface area contributed by atoms with Gasteiger partial charge in [0.1, 0.15) is 5.78 Å².